The lowest BCUT2D eigenvalue weighted by Crippen LogP contribution is -2.45. The number of carbonyl (C=O) groups excluding carboxylic acids is 2. The van der Waals surface area contributed by atoms with Crippen LogP contribution in [0.5, 0.6) is 17.2 Å². The first-order chi connectivity index (χ1) is 12.6. The molecule has 2 aromatic carbocycles. The van der Waals surface area contributed by atoms with Crippen molar-refractivity contribution in [3.05, 3.63) is 54.1 Å². The third-order valence-corrected chi connectivity index (χ3v) is 4.82. The standard InChI is InChI=1S/C20H19NO5/c1-24-15-7-8-18-16(11-15)17(22)12-20(26-18)9-10-21(13-20)19(23)25-14-5-3-2-4-6-14/h2-8,11H,9-10,12-13H2,1H3. The van der Waals surface area contributed by atoms with Gasteiger partial charge in [-0.2, -0.15) is 0 Å². The molecule has 0 saturated carbocycles. The summed E-state index contributed by atoms with van der Waals surface area (Å²) in [5.74, 6) is 1.66. The summed E-state index contributed by atoms with van der Waals surface area (Å²) in [6, 6.07) is 14.1. The molecule has 1 saturated heterocycles. The summed E-state index contributed by atoms with van der Waals surface area (Å²) in [6.07, 6.45) is 0.403. The van der Waals surface area contributed by atoms with Crippen LogP contribution in [0.25, 0.3) is 0 Å². The van der Waals surface area contributed by atoms with Gasteiger partial charge in [0.1, 0.15) is 22.8 Å². The van der Waals surface area contributed by atoms with E-state index in [-0.39, 0.29) is 12.2 Å². The number of amides is 1. The number of fused-ring (bicyclic) bond motifs is 1. The number of ether oxygens (including phenoxy) is 3. The zero-order valence-electron chi connectivity index (χ0n) is 14.4. The summed E-state index contributed by atoms with van der Waals surface area (Å²) in [5, 5.41) is 0. The first-order valence-corrected chi connectivity index (χ1v) is 8.51. The van der Waals surface area contributed by atoms with Crippen molar-refractivity contribution in [1.29, 1.82) is 0 Å². The zero-order valence-corrected chi connectivity index (χ0v) is 14.4. The zero-order chi connectivity index (χ0) is 18.1. The predicted molar refractivity (Wildman–Crippen MR) is 94.0 cm³/mol. The number of rotatable bonds is 2. The van der Waals surface area contributed by atoms with Gasteiger partial charge in [0.25, 0.3) is 0 Å². The van der Waals surface area contributed by atoms with Crippen molar-refractivity contribution < 1.29 is 23.8 Å². The van der Waals surface area contributed by atoms with Gasteiger partial charge in [-0.3, -0.25) is 4.79 Å². The molecule has 0 bridgehead atoms. The second-order valence-corrected chi connectivity index (χ2v) is 6.60. The molecular weight excluding hydrogens is 334 g/mol. The molecule has 1 atom stereocenters. The van der Waals surface area contributed by atoms with E-state index in [1.165, 1.54) is 0 Å². The predicted octanol–water partition coefficient (Wildman–Crippen LogP) is 3.30. The summed E-state index contributed by atoms with van der Waals surface area (Å²) < 4.78 is 16.7. The van der Waals surface area contributed by atoms with Crippen LogP contribution in [0.4, 0.5) is 4.79 Å². The van der Waals surface area contributed by atoms with E-state index in [4.69, 9.17) is 14.2 Å². The first kappa shape index (κ1) is 16.4. The molecule has 0 N–H and O–H groups in total. The molecule has 6 nitrogen and oxygen atoms in total. The number of carbonyl (C=O) groups is 2. The summed E-state index contributed by atoms with van der Waals surface area (Å²) >= 11 is 0. The molecule has 2 aromatic rings. The van der Waals surface area contributed by atoms with Crippen molar-refractivity contribution in [3.63, 3.8) is 0 Å². The van der Waals surface area contributed by atoms with E-state index in [2.05, 4.69) is 0 Å². The Morgan fingerprint density at radius 3 is 2.73 bits per heavy atom. The smallest absolute Gasteiger partial charge is 0.415 e. The summed E-state index contributed by atoms with van der Waals surface area (Å²) in [4.78, 5) is 26.6. The van der Waals surface area contributed by atoms with Crippen LogP contribution in [-0.2, 0) is 0 Å². The molecule has 1 spiro atoms. The van der Waals surface area contributed by atoms with Crippen molar-refractivity contribution in [3.8, 4) is 17.2 Å². The van der Waals surface area contributed by atoms with Gasteiger partial charge >= 0.3 is 6.09 Å². The molecule has 2 heterocycles. The highest BCUT2D eigenvalue weighted by Crippen LogP contribution is 2.40. The van der Waals surface area contributed by atoms with E-state index >= 15 is 0 Å². The summed E-state index contributed by atoms with van der Waals surface area (Å²) in [5.41, 5.74) is -0.158. The van der Waals surface area contributed by atoms with Crippen molar-refractivity contribution in [2.45, 2.75) is 18.4 Å². The number of benzene rings is 2. The van der Waals surface area contributed by atoms with Crippen LogP contribution >= 0.6 is 0 Å². The fourth-order valence-corrected chi connectivity index (χ4v) is 3.48. The molecule has 1 amide bonds. The Balaban J connectivity index is 1.49. The van der Waals surface area contributed by atoms with Crippen LogP contribution in [0.1, 0.15) is 23.2 Å². The van der Waals surface area contributed by atoms with Gasteiger partial charge in [-0.15, -0.1) is 0 Å². The highest BCUT2D eigenvalue weighted by molar-refractivity contribution is 6.00. The fourth-order valence-electron chi connectivity index (χ4n) is 3.48. The minimum Gasteiger partial charge on any atom is -0.497 e. The van der Waals surface area contributed by atoms with Gasteiger partial charge in [0.2, 0.25) is 0 Å². The van der Waals surface area contributed by atoms with E-state index in [1.54, 1.807) is 42.3 Å². The molecule has 2 aliphatic rings. The van der Waals surface area contributed by atoms with E-state index in [0.717, 1.165) is 0 Å². The Bertz CT molecular complexity index is 851. The Morgan fingerprint density at radius 2 is 1.96 bits per heavy atom. The fraction of sp³-hybridized carbons (Fsp3) is 0.300. The van der Waals surface area contributed by atoms with Crippen molar-refractivity contribution in [2.24, 2.45) is 0 Å². The van der Waals surface area contributed by atoms with E-state index in [0.29, 0.717) is 42.3 Å². The summed E-state index contributed by atoms with van der Waals surface area (Å²) in [7, 11) is 1.56. The van der Waals surface area contributed by atoms with Gasteiger partial charge in [-0.25, -0.2) is 4.79 Å². The van der Waals surface area contributed by atoms with Gasteiger partial charge in [-0.05, 0) is 30.3 Å². The maximum Gasteiger partial charge on any atom is 0.415 e. The number of hydrogen-bond donors (Lipinski definition) is 0. The number of ketones is 1. The first-order valence-electron chi connectivity index (χ1n) is 8.51. The SMILES string of the molecule is COc1ccc2c(c1)C(=O)CC1(CCN(C(=O)Oc3ccccc3)C1)O2. The van der Waals surface area contributed by atoms with Crippen molar-refractivity contribution >= 4 is 11.9 Å². The minimum absolute atomic E-state index is 0.00317. The molecule has 2 aliphatic heterocycles. The molecule has 1 unspecified atom stereocenters. The van der Waals surface area contributed by atoms with Gasteiger partial charge in [0, 0.05) is 13.0 Å². The second-order valence-electron chi connectivity index (χ2n) is 6.60. The Labute approximate surface area is 151 Å². The Hall–Kier alpha value is -3.02. The minimum atomic E-state index is -0.686. The highest BCUT2D eigenvalue weighted by atomic mass is 16.6. The van der Waals surface area contributed by atoms with Crippen molar-refractivity contribution in [1.82, 2.24) is 4.90 Å². The number of likely N-dealkylation sites (tertiary alicyclic amines) is 1. The van der Waals surface area contributed by atoms with E-state index in [1.807, 2.05) is 18.2 Å². The summed E-state index contributed by atoms with van der Waals surface area (Å²) in [6.45, 7) is 0.820. The van der Waals surface area contributed by atoms with Crippen LogP contribution in [0.3, 0.4) is 0 Å². The molecule has 26 heavy (non-hydrogen) atoms. The number of nitrogens with zero attached hydrogens (tertiary/aromatic N) is 1. The molecule has 1 fully saturated rings. The average Bonchev–Trinajstić information content (AvgIpc) is 3.05. The molecule has 134 valence electrons. The lowest BCUT2D eigenvalue weighted by atomic mass is 9.89. The normalized spacial score (nSPS) is 21.3. The Kier molecular flexibility index (Phi) is 4.03. The van der Waals surface area contributed by atoms with Crippen LogP contribution in [-0.4, -0.2) is 42.6 Å². The number of Topliss-reactive ketones (excluding diaryl/α,β-unsaturated/α-hetero) is 1. The Morgan fingerprint density at radius 1 is 1.15 bits per heavy atom. The molecule has 0 aromatic heterocycles. The molecular formula is C20H19NO5. The van der Waals surface area contributed by atoms with Crippen molar-refractivity contribution in [2.75, 3.05) is 20.2 Å². The molecule has 4 rings (SSSR count). The number of para-hydroxylation sites is 1. The maximum absolute atomic E-state index is 12.6. The van der Waals surface area contributed by atoms with Crippen LogP contribution in [0.2, 0.25) is 0 Å². The van der Waals surface area contributed by atoms with E-state index in [9.17, 15) is 9.59 Å². The molecule has 0 radical (unpaired) electrons. The second kappa shape index (κ2) is 6.37. The molecule has 6 heteroatoms. The number of hydrogen-bond acceptors (Lipinski definition) is 5. The number of methoxy groups -OCH3 is 1. The monoisotopic (exact) mass is 353 g/mol. The van der Waals surface area contributed by atoms with Gasteiger partial charge in [-0.1, -0.05) is 18.2 Å². The highest BCUT2D eigenvalue weighted by Gasteiger charge is 2.47. The van der Waals surface area contributed by atoms with Crippen LogP contribution in [0, 0.1) is 0 Å². The van der Waals surface area contributed by atoms with E-state index < -0.39 is 11.7 Å². The van der Waals surface area contributed by atoms with Gasteiger partial charge in [0.05, 0.1) is 25.6 Å². The largest absolute Gasteiger partial charge is 0.497 e. The lowest BCUT2D eigenvalue weighted by molar-refractivity contribution is 0.0460. The quantitative estimate of drug-likeness (QED) is 0.829. The topological polar surface area (TPSA) is 65.1 Å². The van der Waals surface area contributed by atoms with Gasteiger partial charge < -0.3 is 19.1 Å². The third kappa shape index (κ3) is 2.98. The maximum atomic E-state index is 12.6. The van der Waals surface area contributed by atoms with Gasteiger partial charge in [0.15, 0.2) is 5.78 Å². The van der Waals surface area contributed by atoms with Crippen LogP contribution < -0.4 is 14.2 Å². The van der Waals surface area contributed by atoms with Crippen LogP contribution in [0.15, 0.2) is 48.5 Å². The lowest BCUT2D eigenvalue weighted by Gasteiger charge is -2.34. The average molecular weight is 353 g/mol. The third-order valence-electron chi connectivity index (χ3n) is 4.82. The molecule has 0 aliphatic carbocycles.